The molecule has 1 aromatic rings. The van der Waals surface area contributed by atoms with Crippen LogP contribution in [0.3, 0.4) is 0 Å². The molecule has 0 heterocycles. The molecule has 0 saturated heterocycles. The molecule has 0 bridgehead atoms. The van der Waals surface area contributed by atoms with Crippen LogP contribution in [0.4, 0.5) is 0 Å². The summed E-state index contributed by atoms with van der Waals surface area (Å²) >= 11 is 6.15. The first kappa shape index (κ1) is 18.6. The van der Waals surface area contributed by atoms with Crippen LogP contribution in [0.2, 0.25) is 5.02 Å². The zero-order valence-electron chi connectivity index (χ0n) is 13.4. The van der Waals surface area contributed by atoms with Crippen molar-refractivity contribution in [2.75, 3.05) is 0 Å². The Balaban J connectivity index is 0.00000192. The van der Waals surface area contributed by atoms with Gasteiger partial charge in [0.2, 0.25) is 5.91 Å². The van der Waals surface area contributed by atoms with Gasteiger partial charge in [0.15, 0.2) is 0 Å². The van der Waals surface area contributed by atoms with Crippen molar-refractivity contribution in [1.29, 1.82) is 0 Å². The van der Waals surface area contributed by atoms with E-state index in [0.29, 0.717) is 12.3 Å². The van der Waals surface area contributed by atoms with Crippen LogP contribution in [0, 0.1) is 5.92 Å². The Morgan fingerprint density at radius 3 is 2.61 bits per heavy atom. The number of carbonyl (C=O) groups excluding carboxylic acids is 1. The second-order valence-electron chi connectivity index (χ2n) is 6.91. The molecule has 0 radical (unpaired) electrons. The second-order valence-corrected chi connectivity index (χ2v) is 7.34. The fraction of sp³-hybridized carbons (Fsp3) is 0.611. The van der Waals surface area contributed by atoms with E-state index in [-0.39, 0.29) is 29.9 Å². The van der Waals surface area contributed by atoms with Gasteiger partial charge in [-0.25, -0.2) is 0 Å². The summed E-state index contributed by atoms with van der Waals surface area (Å²) in [5, 5.41) is 4.06. The summed E-state index contributed by atoms with van der Waals surface area (Å²) in [6.45, 7) is 0. The number of nitrogens with two attached hydrogens (primary N) is 1. The smallest absolute Gasteiger partial charge is 0.221 e. The molecule has 0 aliphatic heterocycles. The first-order chi connectivity index (χ1) is 10.6. The van der Waals surface area contributed by atoms with E-state index in [9.17, 15) is 4.79 Å². The van der Waals surface area contributed by atoms with E-state index < -0.39 is 0 Å². The van der Waals surface area contributed by atoms with E-state index in [1.165, 1.54) is 0 Å². The third-order valence-corrected chi connectivity index (χ3v) is 5.61. The third-order valence-electron chi connectivity index (χ3n) is 5.38. The highest BCUT2D eigenvalue weighted by molar-refractivity contribution is 6.30. The van der Waals surface area contributed by atoms with Crippen molar-refractivity contribution >= 4 is 29.9 Å². The number of nitrogens with one attached hydrogen (secondary N) is 1. The number of amides is 1. The van der Waals surface area contributed by atoms with Gasteiger partial charge in [-0.3, -0.25) is 4.79 Å². The fourth-order valence-corrected chi connectivity index (χ4v) is 4.32. The summed E-state index contributed by atoms with van der Waals surface area (Å²) in [5.41, 5.74) is 7.01. The molecule has 128 valence electrons. The third kappa shape index (κ3) is 4.20. The minimum absolute atomic E-state index is 0. The molecule has 5 heteroatoms. The lowest BCUT2D eigenvalue weighted by molar-refractivity contribution is -0.124. The summed E-state index contributed by atoms with van der Waals surface area (Å²) in [4.78, 5) is 12.6. The van der Waals surface area contributed by atoms with Gasteiger partial charge in [0.1, 0.15) is 0 Å². The van der Waals surface area contributed by atoms with E-state index in [2.05, 4.69) is 11.4 Å². The van der Waals surface area contributed by atoms with Crippen LogP contribution in [0.1, 0.15) is 56.9 Å². The predicted octanol–water partition coefficient (Wildman–Crippen LogP) is 4.16. The van der Waals surface area contributed by atoms with Crippen molar-refractivity contribution in [3.63, 3.8) is 0 Å². The van der Waals surface area contributed by atoms with Gasteiger partial charge in [-0.05, 0) is 49.3 Å². The van der Waals surface area contributed by atoms with E-state index in [1.807, 2.05) is 18.2 Å². The Labute approximate surface area is 149 Å². The van der Waals surface area contributed by atoms with E-state index >= 15 is 0 Å². The maximum atomic E-state index is 12.6. The summed E-state index contributed by atoms with van der Waals surface area (Å²) < 4.78 is 0. The number of halogens is 2. The molecule has 3 nitrogen and oxygen atoms in total. The van der Waals surface area contributed by atoms with Gasteiger partial charge in [0.05, 0.1) is 5.54 Å². The number of carbonyl (C=O) groups is 1. The van der Waals surface area contributed by atoms with E-state index in [1.54, 1.807) is 0 Å². The lowest BCUT2D eigenvalue weighted by Gasteiger charge is -2.32. The SMILES string of the molecule is Cl.N[C@@H]1CCC[C@H]1CC(=O)NC1(c2cccc(Cl)c2)CCCC1. The Morgan fingerprint density at radius 2 is 2.00 bits per heavy atom. The van der Waals surface area contributed by atoms with Crippen molar-refractivity contribution < 1.29 is 4.79 Å². The van der Waals surface area contributed by atoms with Crippen LogP contribution in [0.5, 0.6) is 0 Å². The van der Waals surface area contributed by atoms with Crippen LogP contribution < -0.4 is 11.1 Å². The van der Waals surface area contributed by atoms with Crippen molar-refractivity contribution in [2.24, 2.45) is 11.7 Å². The monoisotopic (exact) mass is 356 g/mol. The van der Waals surface area contributed by atoms with Crippen molar-refractivity contribution in [1.82, 2.24) is 5.32 Å². The van der Waals surface area contributed by atoms with Crippen LogP contribution >= 0.6 is 24.0 Å². The van der Waals surface area contributed by atoms with Gasteiger partial charge in [-0.1, -0.05) is 43.0 Å². The van der Waals surface area contributed by atoms with Crippen molar-refractivity contribution in [3.05, 3.63) is 34.9 Å². The number of hydrogen-bond donors (Lipinski definition) is 2. The summed E-state index contributed by atoms with van der Waals surface area (Å²) in [7, 11) is 0. The summed E-state index contributed by atoms with van der Waals surface area (Å²) in [5.74, 6) is 0.488. The lowest BCUT2D eigenvalue weighted by Crippen LogP contribution is -2.45. The second kappa shape index (κ2) is 7.87. The zero-order valence-corrected chi connectivity index (χ0v) is 15.0. The van der Waals surface area contributed by atoms with Crippen molar-refractivity contribution in [2.45, 2.75) is 62.9 Å². The normalized spacial score (nSPS) is 25.8. The number of rotatable bonds is 4. The molecule has 0 aromatic heterocycles. The first-order valence-corrected chi connectivity index (χ1v) is 8.79. The fourth-order valence-electron chi connectivity index (χ4n) is 4.13. The highest BCUT2D eigenvalue weighted by Gasteiger charge is 2.38. The van der Waals surface area contributed by atoms with Gasteiger partial charge in [-0.15, -0.1) is 12.4 Å². The maximum Gasteiger partial charge on any atom is 0.221 e. The van der Waals surface area contributed by atoms with Gasteiger partial charge in [0, 0.05) is 17.5 Å². The molecule has 2 fully saturated rings. The molecule has 2 aliphatic carbocycles. The van der Waals surface area contributed by atoms with Crippen molar-refractivity contribution in [3.8, 4) is 0 Å². The van der Waals surface area contributed by atoms with Gasteiger partial charge in [0.25, 0.3) is 0 Å². The van der Waals surface area contributed by atoms with Gasteiger partial charge < -0.3 is 11.1 Å². The maximum absolute atomic E-state index is 12.6. The van der Waals surface area contributed by atoms with Crippen LogP contribution in [0.15, 0.2) is 24.3 Å². The molecule has 23 heavy (non-hydrogen) atoms. The average molecular weight is 357 g/mol. The predicted molar refractivity (Wildman–Crippen MR) is 96.9 cm³/mol. The summed E-state index contributed by atoms with van der Waals surface area (Å²) in [6.07, 6.45) is 8.13. The van der Waals surface area contributed by atoms with Crippen LogP contribution in [-0.4, -0.2) is 11.9 Å². The molecule has 1 amide bonds. The summed E-state index contributed by atoms with van der Waals surface area (Å²) in [6, 6.07) is 8.12. The Kier molecular flexibility index (Phi) is 6.35. The standard InChI is InChI=1S/C18H25ClN2O.ClH/c19-15-7-4-6-14(12-15)18(9-1-2-10-18)21-17(22)11-13-5-3-8-16(13)20;/h4,6-7,12-13,16H,1-3,5,8-11,20H2,(H,21,22);1H/t13-,16+;/m0./s1. The molecule has 1 aromatic carbocycles. The molecule has 2 aliphatic rings. The number of hydrogen-bond acceptors (Lipinski definition) is 2. The first-order valence-electron chi connectivity index (χ1n) is 8.42. The molecule has 2 saturated carbocycles. The molecular weight excluding hydrogens is 331 g/mol. The van der Waals surface area contributed by atoms with Gasteiger partial charge in [-0.2, -0.15) is 0 Å². The zero-order chi connectivity index (χ0) is 15.6. The quantitative estimate of drug-likeness (QED) is 0.850. The largest absolute Gasteiger partial charge is 0.347 e. The highest BCUT2D eigenvalue weighted by atomic mass is 35.5. The van der Waals surface area contributed by atoms with E-state index in [4.69, 9.17) is 17.3 Å². The topological polar surface area (TPSA) is 55.1 Å². The van der Waals surface area contributed by atoms with Crippen LogP contribution in [0.25, 0.3) is 0 Å². The van der Waals surface area contributed by atoms with Gasteiger partial charge >= 0.3 is 0 Å². The molecule has 0 unspecified atom stereocenters. The Hall–Kier alpha value is -0.770. The number of benzene rings is 1. The Morgan fingerprint density at radius 1 is 1.26 bits per heavy atom. The molecule has 0 spiro atoms. The minimum Gasteiger partial charge on any atom is -0.347 e. The molecule has 2 atom stereocenters. The van der Waals surface area contributed by atoms with E-state index in [0.717, 1.165) is 55.5 Å². The molecule has 3 N–H and O–H groups in total. The molecular formula is C18H26Cl2N2O. The average Bonchev–Trinajstić information content (AvgIpc) is 3.10. The molecule has 3 rings (SSSR count). The van der Waals surface area contributed by atoms with Crippen LogP contribution in [-0.2, 0) is 10.3 Å². The lowest BCUT2D eigenvalue weighted by atomic mass is 9.87. The minimum atomic E-state index is -0.231. The Bertz CT molecular complexity index is 544. The highest BCUT2D eigenvalue weighted by Crippen LogP contribution is 2.40.